The van der Waals surface area contributed by atoms with E-state index >= 15 is 0 Å². The predicted octanol–water partition coefficient (Wildman–Crippen LogP) is 2.44. The normalized spacial score (nSPS) is 13.4. The van der Waals surface area contributed by atoms with Crippen molar-refractivity contribution in [3.05, 3.63) is 35.9 Å². The third kappa shape index (κ3) is 8.11. The average Bonchev–Trinajstić information content (AvgIpc) is 2.57. The first-order chi connectivity index (χ1) is 12.5. The minimum absolute atomic E-state index is 0.201. The van der Waals surface area contributed by atoms with Crippen molar-refractivity contribution in [3.8, 4) is 0 Å². The molecule has 0 heterocycles. The monoisotopic (exact) mass is 378 g/mol. The third-order valence-corrected chi connectivity index (χ3v) is 3.71. The number of carbonyl (C=O) groups is 3. The third-order valence-electron chi connectivity index (χ3n) is 3.71. The van der Waals surface area contributed by atoms with Crippen LogP contribution in [0.5, 0.6) is 0 Å². The van der Waals surface area contributed by atoms with Crippen molar-refractivity contribution in [3.63, 3.8) is 0 Å². The smallest absolute Gasteiger partial charge is 0.408 e. The molecular weight excluding hydrogens is 348 g/mol. The van der Waals surface area contributed by atoms with E-state index in [0.29, 0.717) is 0 Å². The van der Waals surface area contributed by atoms with Crippen LogP contribution in [0.25, 0.3) is 0 Å². The van der Waals surface area contributed by atoms with Gasteiger partial charge in [-0.1, -0.05) is 44.2 Å². The lowest BCUT2D eigenvalue weighted by atomic mass is 10.0. The Morgan fingerprint density at radius 1 is 1.04 bits per heavy atom. The van der Waals surface area contributed by atoms with Crippen LogP contribution >= 0.6 is 0 Å². The molecule has 0 fully saturated rings. The summed E-state index contributed by atoms with van der Waals surface area (Å²) >= 11 is 0. The van der Waals surface area contributed by atoms with E-state index in [0.717, 1.165) is 5.56 Å². The van der Waals surface area contributed by atoms with E-state index in [2.05, 4.69) is 10.6 Å². The molecule has 0 aliphatic heterocycles. The summed E-state index contributed by atoms with van der Waals surface area (Å²) in [7, 11) is 1.27. The molecule has 0 radical (unpaired) electrons. The van der Waals surface area contributed by atoms with E-state index in [4.69, 9.17) is 9.47 Å². The quantitative estimate of drug-likeness (QED) is 0.711. The second kappa shape index (κ2) is 9.94. The maximum Gasteiger partial charge on any atom is 0.408 e. The van der Waals surface area contributed by atoms with Gasteiger partial charge in [-0.05, 0) is 32.3 Å². The second-order valence-electron chi connectivity index (χ2n) is 7.64. The van der Waals surface area contributed by atoms with Crippen molar-refractivity contribution in [2.45, 2.75) is 58.7 Å². The summed E-state index contributed by atoms with van der Waals surface area (Å²) in [6.07, 6.45) is -0.398. The first-order valence-electron chi connectivity index (χ1n) is 8.95. The molecule has 0 aliphatic rings. The lowest BCUT2D eigenvalue weighted by molar-refractivity contribution is -0.145. The Labute approximate surface area is 160 Å². The molecule has 2 N–H and O–H groups in total. The Balaban J connectivity index is 2.85. The fourth-order valence-corrected chi connectivity index (χ4v) is 2.42. The predicted molar refractivity (Wildman–Crippen MR) is 102 cm³/mol. The molecule has 7 heteroatoms. The fraction of sp³-hybridized carbons (Fsp3) is 0.550. The Morgan fingerprint density at radius 3 is 2.11 bits per heavy atom. The molecule has 0 bridgehead atoms. The zero-order valence-electron chi connectivity index (χ0n) is 16.9. The number of carbonyl (C=O) groups excluding carboxylic acids is 3. The molecule has 27 heavy (non-hydrogen) atoms. The van der Waals surface area contributed by atoms with Crippen molar-refractivity contribution in [1.82, 2.24) is 10.6 Å². The van der Waals surface area contributed by atoms with E-state index in [1.54, 1.807) is 34.6 Å². The number of hydrogen-bond acceptors (Lipinski definition) is 5. The largest absolute Gasteiger partial charge is 0.467 e. The van der Waals surface area contributed by atoms with Gasteiger partial charge in [0, 0.05) is 6.42 Å². The molecule has 7 nitrogen and oxygen atoms in total. The maximum atomic E-state index is 12.7. The van der Waals surface area contributed by atoms with Gasteiger partial charge in [-0.25, -0.2) is 9.59 Å². The highest BCUT2D eigenvalue weighted by atomic mass is 16.6. The van der Waals surface area contributed by atoms with Crippen LogP contribution in [0.15, 0.2) is 30.3 Å². The summed E-state index contributed by atoms with van der Waals surface area (Å²) < 4.78 is 10.0. The Kier molecular flexibility index (Phi) is 8.28. The summed E-state index contributed by atoms with van der Waals surface area (Å²) in [5.74, 6) is -1.22. The van der Waals surface area contributed by atoms with Crippen LogP contribution in [0.2, 0.25) is 0 Å². The van der Waals surface area contributed by atoms with E-state index in [1.165, 1.54) is 7.11 Å². The van der Waals surface area contributed by atoms with Crippen LogP contribution in [0.1, 0.15) is 40.2 Å². The molecular formula is C20H30N2O5. The summed E-state index contributed by atoms with van der Waals surface area (Å²) in [5.41, 5.74) is 0.207. The zero-order valence-corrected chi connectivity index (χ0v) is 16.9. The first kappa shape index (κ1) is 22.5. The number of nitrogens with one attached hydrogen (secondary N) is 2. The van der Waals surface area contributed by atoms with E-state index < -0.39 is 35.7 Å². The number of alkyl carbamates (subject to hydrolysis) is 1. The molecule has 1 aromatic rings. The second-order valence-corrected chi connectivity index (χ2v) is 7.64. The summed E-state index contributed by atoms with van der Waals surface area (Å²) in [6, 6.07) is 7.60. The zero-order chi connectivity index (χ0) is 20.6. The minimum atomic E-state index is -0.855. The number of hydrogen-bond donors (Lipinski definition) is 2. The number of ether oxygens (including phenoxy) is 2. The van der Waals surface area contributed by atoms with Crippen LogP contribution in [0.4, 0.5) is 4.79 Å². The SMILES string of the molecule is COC(=O)[C@H](Cc1ccccc1)NC(=O)[C@@H](NC(=O)OC(C)(C)C)C(C)C. The molecule has 0 unspecified atom stereocenters. The van der Waals surface area contributed by atoms with Gasteiger partial charge in [-0.2, -0.15) is 0 Å². The van der Waals surface area contributed by atoms with Gasteiger partial charge in [0.05, 0.1) is 7.11 Å². The van der Waals surface area contributed by atoms with Crippen LogP contribution in [0, 0.1) is 5.92 Å². The van der Waals surface area contributed by atoms with E-state index in [9.17, 15) is 14.4 Å². The molecule has 1 rings (SSSR count). The summed E-state index contributed by atoms with van der Waals surface area (Å²) in [4.78, 5) is 36.9. The van der Waals surface area contributed by atoms with Gasteiger partial charge in [0.25, 0.3) is 0 Å². The number of benzene rings is 1. The van der Waals surface area contributed by atoms with Gasteiger partial charge in [0.15, 0.2) is 0 Å². The highest BCUT2D eigenvalue weighted by Crippen LogP contribution is 2.10. The van der Waals surface area contributed by atoms with Crippen LogP contribution in [0.3, 0.4) is 0 Å². The Morgan fingerprint density at radius 2 is 1.63 bits per heavy atom. The van der Waals surface area contributed by atoms with Gasteiger partial charge in [0.2, 0.25) is 5.91 Å². The lowest BCUT2D eigenvalue weighted by Crippen LogP contribution is -2.55. The van der Waals surface area contributed by atoms with Crippen LogP contribution < -0.4 is 10.6 Å². The molecule has 2 amide bonds. The Hall–Kier alpha value is -2.57. The van der Waals surface area contributed by atoms with Gasteiger partial charge < -0.3 is 20.1 Å². The van der Waals surface area contributed by atoms with Crippen LogP contribution in [-0.2, 0) is 25.5 Å². The highest BCUT2D eigenvalue weighted by Gasteiger charge is 2.30. The van der Waals surface area contributed by atoms with Crippen molar-refractivity contribution < 1.29 is 23.9 Å². The molecule has 1 aromatic carbocycles. The molecule has 0 aliphatic carbocycles. The molecule has 0 aromatic heterocycles. The number of methoxy groups -OCH3 is 1. The van der Waals surface area contributed by atoms with E-state index in [-0.39, 0.29) is 12.3 Å². The van der Waals surface area contributed by atoms with Gasteiger partial charge in [-0.3, -0.25) is 4.79 Å². The molecule has 150 valence electrons. The van der Waals surface area contributed by atoms with E-state index in [1.807, 2.05) is 30.3 Å². The minimum Gasteiger partial charge on any atom is -0.467 e. The number of esters is 1. The first-order valence-corrected chi connectivity index (χ1v) is 8.95. The summed E-state index contributed by atoms with van der Waals surface area (Å²) in [5, 5.41) is 5.26. The molecule has 0 saturated carbocycles. The van der Waals surface area contributed by atoms with Gasteiger partial charge >= 0.3 is 12.1 Å². The van der Waals surface area contributed by atoms with Crippen LogP contribution in [-0.4, -0.2) is 42.8 Å². The lowest BCUT2D eigenvalue weighted by Gasteiger charge is -2.26. The highest BCUT2D eigenvalue weighted by molar-refractivity contribution is 5.90. The van der Waals surface area contributed by atoms with Crippen molar-refractivity contribution in [2.75, 3.05) is 7.11 Å². The summed E-state index contributed by atoms with van der Waals surface area (Å²) in [6.45, 7) is 8.82. The molecule has 0 spiro atoms. The van der Waals surface area contributed by atoms with Crippen molar-refractivity contribution in [2.24, 2.45) is 5.92 Å². The number of amides is 2. The fourth-order valence-electron chi connectivity index (χ4n) is 2.42. The number of rotatable bonds is 7. The molecule has 0 saturated heterocycles. The van der Waals surface area contributed by atoms with Gasteiger partial charge in [0.1, 0.15) is 17.7 Å². The Bertz CT molecular complexity index is 638. The molecule has 2 atom stereocenters. The standard InChI is InChI=1S/C20H30N2O5/c1-13(2)16(22-19(25)27-20(3,4)5)17(23)21-15(18(24)26-6)12-14-10-8-7-9-11-14/h7-11,13,15-16H,12H2,1-6H3,(H,21,23)(H,22,25)/t15-,16-/m0/s1. The average molecular weight is 378 g/mol. The van der Waals surface area contributed by atoms with Gasteiger partial charge in [-0.15, -0.1) is 0 Å². The maximum absolute atomic E-state index is 12.7. The van der Waals surface area contributed by atoms with Crippen molar-refractivity contribution >= 4 is 18.0 Å². The van der Waals surface area contributed by atoms with Crippen molar-refractivity contribution in [1.29, 1.82) is 0 Å². The topological polar surface area (TPSA) is 93.7 Å².